The van der Waals surface area contributed by atoms with E-state index in [4.69, 9.17) is 11.6 Å². The summed E-state index contributed by atoms with van der Waals surface area (Å²) in [5.74, 6) is -0.880. The van der Waals surface area contributed by atoms with E-state index in [2.05, 4.69) is 6.58 Å². The Morgan fingerprint density at radius 2 is 1.80 bits per heavy atom. The Labute approximate surface area is 62.6 Å². The average molecular weight is 158 g/mol. The molecular weight excluding hydrogens is 154 g/mol. The van der Waals surface area contributed by atoms with Crippen molar-refractivity contribution in [3.8, 4) is 0 Å². The van der Waals surface area contributed by atoms with Gasteiger partial charge in [-0.2, -0.15) is 0 Å². The van der Waals surface area contributed by atoms with Gasteiger partial charge < -0.3 is 0 Å². The molecule has 0 spiro atoms. The summed E-state index contributed by atoms with van der Waals surface area (Å²) in [4.78, 5) is 22.2. The first-order valence-electron chi connectivity index (χ1n) is 2.53. The van der Waals surface area contributed by atoms with Gasteiger partial charge in [0.05, 0.1) is 0 Å². The molecule has 0 saturated heterocycles. The number of nitrogens with zero attached hydrogens (tertiary/aromatic N) is 1. The summed E-state index contributed by atoms with van der Waals surface area (Å²) in [6, 6.07) is 0. The van der Waals surface area contributed by atoms with E-state index in [1.54, 1.807) is 0 Å². The van der Waals surface area contributed by atoms with Crippen LogP contribution >= 0.6 is 11.6 Å². The van der Waals surface area contributed by atoms with Gasteiger partial charge in [0.1, 0.15) is 5.16 Å². The highest BCUT2D eigenvalue weighted by atomic mass is 35.5. The van der Waals surface area contributed by atoms with Crippen molar-refractivity contribution in [1.29, 1.82) is 0 Å². The van der Waals surface area contributed by atoms with Gasteiger partial charge in [-0.3, -0.25) is 9.59 Å². The van der Waals surface area contributed by atoms with Crippen LogP contribution in [0.2, 0.25) is 0 Å². The predicted molar refractivity (Wildman–Crippen MR) is 36.0 cm³/mol. The van der Waals surface area contributed by atoms with Crippen LogP contribution in [0.25, 0.3) is 0 Å². The Hall–Kier alpha value is -1.09. The van der Waals surface area contributed by atoms with Gasteiger partial charge in [0.15, 0.2) is 0 Å². The first-order valence-corrected chi connectivity index (χ1v) is 2.91. The number of rotatable bonds is 1. The van der Waals surface area contributed by atoms with E-state index < -0.39 is 11.8 Å². The second kappa shape index (κ2) is 2.27. The number of amides is 2. The van der Waals surface area contributed by atoms with Crippen molar-refractivity contribution in [2.75, 3.05) is 0 Å². The highest BCUT2D eigenvalue weighted by Crippen LogP contribution is 2.12. The smallest absolute Gasteiger partial charge is 0.258 e. The fourth-order valence-corrected chi connectivity index (χ4v) is 0.806. The summed E-state index contributed by atoms with van der Waals surface area (Å²) in [6.45, 7) is 3.25. The van der Waals surface area contributed by atoms with Gasteiger partial charge in [-0.15, -0.1) is 0 Å². The largest absolute Gasteiger partial charge is 0.269 e. The number of halogens is 1. The lowest BCUT2D eigenvalue weighted by Gasteiger charge is -2.09. The second-order valence-corrected chi connectivity index (χ2v) is 2.16. The normalized spacial score (nSPS) is 16.7. The third-order valence-electron chi connectivity index (χ3n) is 1.05. The predicted octanol–water partition coefficient (Wildman–Crippen LogP) is 0.621. The monoisotopic (exact) mass is 157 g/mol. The first-order chi connectivity index (χ1) is 4.63. The van der Waals surface area contributed by atoms with Gasteiger partial charge in [0.25, 0.3) is 11.8 Å². The molecule has 0 aliphatic carbocycles. The van der Waals surface area contributed by atoms with Gasteiger partial charge in [-0.05, 0) is 0 Å². The van der Waals surface area contributed by atoms with E-state index in [1.807, 2.05) is 0 Å². The van der Waals surface area contributed by atoms with E-state index in [0.29, 0.717) is 0 Å². The molecule has 1 rings (SSSR count). The van der Waals surface area contributed by atoms with Crippen molar-refractivity contribution in [2.45, 2.75) is 0 Å². The van der Waals surface area contributed by atoms with Crippen LogP contribution in [-0.4, -0.2) is 16.7 Å². The van der Waals surface area contributed by atoms with Crippen molar-refractivity contribution in [3.63, 3.8) is 0 Å². The maximum Gasteiger partial charge on any atom is 0.258 e. The summed E-state index contributed by atoms with van der Waals surface area (Å²) in [5.41, 5.74) is 0. The Kier molecular flexibility index (Phi) is 1.59. The minimum atomic E-state index is -0.440. The molecule has 52 valence electrons. The van der Waals surface area contributed by atoms with Crippen LogP contribution in [-0.2, 0) is 9.59 Å². The molecule has 0 bridgehead atoms. The molecule has 1 aliphatic rings. The van der Waals surface area contributed by atoms with Gasteiger partial charge >= 0.3 is 0 Å². The van der Waals surface area contributed by atoms with Crippen molar-refractivity contribution in [3.05, 3.63) is 23.9 Å². The summed E-state index contributed by atoms with van der Waals surface area (Å²) in [7, 11) is 0. The fraction of sp³-hybridized carbons (Fsp3) is 0. The maximum absolute atomic E-state index is 10.7. The van der Waals surface area contributed by atoms with Crippen molar-refractivity contribution in [1.82, 2.24) is 4.90 Å². The Morgan fingerprint density at radius 3 is 2.00 bits per heavy atom. The Balaban J connectivity index is 2.90. The van der Waals surface area contributed by atoms with E-state index in [9.17, 15) is 9.59 Å². The van der Waals surface area contributed by atoms with E-state index >= 15 is 0 Å². The number of hydrogen-bond acceptors (Lipinski definition) is 2. The van der Waals surface area contributed by atoms with Crippen molar-refractivity contribution in [2.24, 2.45) is 0 Å². The van der Waals surface area contributed by atoms with Crippen molar-refractivity contribution >= 4 is 23.4 Å². The van der Waals surface area contributed by atoms with E-state index in [-0.39, 0.29) is 5.16 Å². The minimum Gasteiger partial charge on any atom is -0.269 e. The lowest BCUT2D eigenvalue weighted by Crippen LogP contribution is -2.26. The summed E-state index contributed by atoms with van der Waals surface area (Å²) in [5, 5.41) is -0.0694. The summed E-state index contributed by atoms with van der Waals surface area (Å²) in [6.07, 6.45) is 2.30. The molecule has 0 aromatic rings. The van der Waals surface area contributed by atoms with Gasteiger partial charge in [0, 0.05) is 12.2 Å². The van der Waals surface area contributed by atoms with Crippen LogP contribution in [0, 0.1) is 0 Å². The molecule has 0 aromatic carbocycles. The van der Waals surface area contributed by atoms with E-state index in [0.717, 1.165) is 17.1 Å². The minimum absolute atomic E-state index is 0.0694. The molecule has 4 heteroatoms. The van der Waals surface area contributed by atoms with Crippen LogP contribution < -0.4 is 0 Å². The molecule has 0 atom stereocenters. The summed E-state index contributed by atoms with van der Waals surface area (Å²) < 4.78 is 0. The first kappa shape index (κ1) is 7.02. The van der Waals surface area contributed by atoms with Crippen LogP contribution in [0.1, 0.15) is 0 Å². The number of hydrogen-bond donors (Lipinski definition) is 0. The number of imide groups is 1. The zero-order chi connectivity index (χ0) is 7.72. The molecule has 0 aromatic heterocycles. The average Bonchev–Trinajstić information content (AvgIpc) is 2.11. The molecule has 0 saturated carbocycles. The highest BCUT2D eigenvalue weighted by Gasteiger charge is 2.24. The third kappa shape index (κ3) is 0.953. The molecule has 0 unspecified atom stereocenters. The van der Waals surface area contributed by atoms with Gasteiger partial charge in [-0.25, -0.2) is 4.90 Å². The second-order valence-electron chi connectivity index (χ2n) is 1.72. The highest BCUT2D eigenvalue weighted by molar-refractivity contribution is 6.33. The molecule has 2 amide bonds. The Bertz CT molecular complexity index is 226. The topological polar surface area (TPSA) is 37.4 Å². The molecule has 0 fully saturated rings. The molecular formula is C6H4ClNO2. The molecule has 0 N–H and O–H groups in total. The van der Waals surface area contributed by atoms with Crippen LogP contribution in [0.15, 0.2) is 23.9 Å². The van der Waals surface area contributed by atoms with Crippen LogP contribution in [0.4, 0.5) is 0 Å². The van der Waals surface area contributed by atoms with Crippen LogP contribution in [0.3, 0.4) is 0 Å². The Morgan fingerprint density at radius 1 is 1.40 bits per heavy atom. The fourth-order valence-electron chi connectivity index (χ4n) is 0.639. The number of carbonyl (C=O) groups is 2. The molecule has 10 heavy (non-hydrogen) atoms. The lowest BCUT2D eigenvalue weighted by molar-refractivity contribution is -0.133. The zero-order valence-corrected chi connectivity index (χ0v) is 5.76. The van der Waals surface area contributed by atoms with E-state index in [1.165, 1.54) is 0 Å². The molecule has 1 aliphatic heterocycles. The number of carbonyl (C=O) groups excluding carboxylic acids is 2. The quantitative estimate of drug-likeness (QED) is 0.413. The maximum atomic E-state index is 10.7. The standard InChI is InChI=1S/C6H4ClNO2/c1-4(7)8-5(9)2-3-6(8)10/h2-3H,1H2. The molecule has 0 radical (unpaired) electrons. The molecule has 1 heterocycles. The van der Waals surface area contributed by atoms with Crippen LogP contribution in [0.5, 0.6) is 0 Å². The lowest BCUT2D eigenvalue weighted by atomic mass is 10.6. The third-order valence-corrected chi connectivity index (χ3v) is 1.22. The zero-order valence-electron chi connectivity index (χ0n) is 5.00. The molecule has 3 nitrogen and oxygen atoms in total. The van der Waals surface area contributed by atoms with Gasteiger partial charge in [-0.1, -0.05) is 18.2 Å². The summed E-state index contributed by atoms with van der Waals surface area (Å²) >= 11 is 5.32. The van der Waals surface area contributed by atoms with Gasteiger partial charge in [0.2, 0.25) is 0 Å². The van der Waals surface area contributed by atoms with Crippen molar-refractivity contribution < 1.29 is 9.59 Å². The SMILES string of the molecule is C=C(Cl)N1C(=O)C=CC1=O.